The zero-order valence-corrected chi connectivity index (χ0v) is 21.9. The van der Waals surface area contributed by atoms with Crippen LogP contribution in [0, 0.1) is 17.2 Å². The highest BCUT2D eigenvalue weighted by molar-refractivity contribution is 5.95. The molecule has 5 rings (SSSR count). The van der Waals surface area contributed by atoms with Gasteiger partial charge in [-0.2, -0.15) is 10.4 Å². The molecule has 40 heavy (non-hydrogen) atoms. The number of amides is 2. The maximum atomic E-state index is 14.8. The highest BCUT2D eigenvalue weighted by Gasteiger charge is 2.44. The molecule has 2 aliphatic rings. The number of piperidine rings is 1. The molecule has 0 unspecified atom stereocenters. The molecule has 11 heteroatoms. The van der Waals surface area contributed by atoms with Gasteiger partial charge >= 0.3 is 0 Å². The number of hydrogen-bond acceptors (Lipinski definition) is 7. The van der Waals surface area contributed by atoms with E-state index < -0.39 is 30.9 Å². The molecule has 0 radical (unpaired) electrons. The molecule has 1 saturated carbocycles. The first-order valence-electron chi connectivity index (χ1n) is 13.1. The first kappa shape index (κ1) is 27.3. The Morgan fingerprint density at radius 1 is 1.27 bits per heavy atom. The van der Waals surface area contributed by atoms with Crippen molar-refractivity contribution in [3.05, 3.63) is 66.0 Å². The van der Waals surface area contributed by atoms with Crippen LogP contribution in [0.5, 0.6) is 5.75 Å². The van der Waals surface area contributed by atoms with E-state index in [9.17, 15) is 24.3 Å². The van der Waals surface area contributed by atoms with Gasteiger partial charge in [-0.25, -0.2) is 4.39 Å². The first-order valence-corrected chi connectivity index (χ1v) is 13.1. The van der Waals surface area contributed by atoms with Gasteiger partial charge < -0.3 is 25.2 Å². The van der Waals surface area contributed by atoms with Crippen LogP contribution in [0.2, 0.25) is 0 Å². The first-order chi connectivity index (χ1) is 19.3. The van der Waals surface area contributed by atoms with Crippen molar-refractivity contribution in [2.45, 2.75) is 37.1 Å². The molecule has 5 atom stereocenters. The van der Waals surface area contributed by atoms with Crippen molar-refractivity contribution in [1.29, 1.82) is 5.26 Å². The number of halogens is 1. The van der Waals surface area contributed by atoms with Gasteiger partial charge in [0.2, 0.25) is 5.91 Å². The molecule has 0 bridgehead atoms. The largest absolute Gasteiger partial charge is 0.486 e. The Hall–Kier alpha value is -4.27. The third-order valence-electron chi connectivity index (χ3n) is 7.37. The minimum Gasteiger partial charge on any atom is -0.486 e. The van der Waals surface area contributed by atoms with E-state index in [1.54, 1.807) is 29.1 Å². The summed E-state index contributed by atoms with van der Waals surface area (Å²) in [5.74, 6) is -0.472. The number of aromatic nitrogens is 2. The van der Waals surface area contributed by atoms with E-state index in [-0.39, 0.29) is 48.6 Å². The van der Waals surface area contributed by atoms with Crippen LogP contribution in [-0.4, -0.2) is 74.8 Å². The van der Waals surface area contributed by atoms with Crippen molar-refractivity contribution in [2.24, 2.45) is 13.0 Å². The lowest BCUT2D eigenvalue weighted by Gasteiger charge is -2.35. The van der Waals surface area contributed by atoms with Crippen molar-refractivity contribution in [3.8, 4) is 22.9 Å². The quantitative estimate of drug-likeness (QED) is 0.393. The molecule has 208 valence electrons. The number of aliphatic hydroxyl groups excluding tert-OH is 2. The van der Waals surface area contributed by atoms with E-state index in [1.165, 1.54) is 0 Å². The molecular formula is C29H30FN5O5. The van der Waals surface area contributed by atoms with Gasteiger partial charge in [-0.1, -0.05) is 18.2 Å². The second-order valence-corrected chi connectivity index (χ2v) is 10.2. The molecular weight excluding hydrogens is 517 g/mol. The smallest absolute Gasteiger partial charge is 0.253 e. The van der Waals surface area contributed by atoms with Gasteiger partial charge in [0.25, 0.3) is 5.91 Å². The fraction of sp³-hybridized carbons (Fsp3) is 0.379. The minimum absolute atomic E-state index is 0.0492. The van der Waals surface area contributed by atoms with Crippen LogP contribution in [0.1, 0.15) is 29.9 Å². The summed E-state index contributed by atoms with van der Waals surface area (Å²) in [6, 6.07) is 14.5. The van der Waals surface area contributed by atoms with Crippen molar-refractivity contribution >= 4 is 17.5 Å². The van der Waals surface area contributed by atoms with E-state index >= 15 is 0 Å². The summed E-state index contributed by atoms with van der Waals surface area (Å²) in [5, 5.41) is 35.4. The predicted octanol–water partition coefficient (Wildman–Crippen LogP) is 2.37. The molecule has 0 spiro atoms. The van der Waals surface area contributed by atoms with Gasteiger partial charge in [0.05, 0.1) is 24.9 Å². The Labute approximate surface area is 230 Å². The van der Waals surface area contributed by atoms with E-state index in [4.69, 9.17) is 9.84 Å². The van der Waals surface area contributed by atoms with Crippen LogP contribution in [0.25, 0.3) is 11.1 Å². The van der Waals surface area contributed by atoms with Gasteiger partial charge in [-0.05, 0) is 53.3 Å². The van der Waals surface area contributed by atoms with Crippen LogP contribution in [-0.2, 0) is 16.6 Å². The number of hydrogen-bond donors (Lipinski definition) is 3. The number of aryl methyl sites for hydroxylation is 1. The van der Waals surface area contributed by atoms with Crippen molar-refractivity contribution in [2.75, 3.05) is 25.0 Å². The zero-order chi connectivity index (χ0) is 28.4. The topological polar surface area (TPSA) is 141 Å². The van der Waals surface area contributed by atoms with Gasteiger partial charge in [-0.3, -0.25) is 14.3 Å². The highest BCUT2D eigenvalue weighted by atomic mass is 19.1. The molecule has 3 N–H and O–H groups in total. The lowest BCUT2D eigenvalue weighted by molar-refractivity contribution is -0.146. The number of carbonyl (C=O) groups excluding carboxylic acids is 2. The third-order valence-corrected chi connectivity index (χ3v) is 7.37. The number of alkyl halides is 1. The number of nitriles is 1. The highest BCUT2D eigenvalue weighted by Crippen LogP contribution is 2.47. The Morgan fingerprint density at radius 2 is 2.08 bits per heavy atom. The summed E-state index contributed by atoms with van der Waals surface area (Å²) in [6.45, 7) is -0.848. The molecule has 2 fully saturated rings. The van der Waals surface area contributed by atoms with Crippen LogP contribution < -0.4 is 10.1 Å². The second-order valence-electron chi connectivity index (χ2n) is 10.2. The number of rotatable bonds is 8. The summed E-state index contributed by atoms with van der Waals surface area (Å²) in [7, 11) is 1.85. The molecule has 1 aliphatic carbocycles. The summed E-state index contributed by atoms with van der Waals surface area (Å²) in [6.07, 6.45) is 0.698. The second kappa shape index (κ2) is 11.5. The molecule has 1 saturated heterocycles. The SMILES string of the molecule is Cn1cc([C@@H]2C[C@H]2C(=O)Nc2cccc(-c3ccc(O[C@H]4CCN(C(=O)[C@@H](O)CO)C[C@H]4F)c(C#N)c3)c2)cn1. The van der Waals surface area contributed by atoms with Crippen molar-refractivity contribution in [3.63, 3.8) is 0 Å². The van der Waals surface area contributed by atoms with Crippen molar-refractivity contribution < 1.29 is 28.9 Å². The standard InChI is InChI=1S/C29H30FN5O5/c1-34-14-20(13-32-34)22-11-23(22)28(38)33-21-4-2-3-17(10-21)18-5-6-26(19(9-18)12-31)40-27-7-8-35(15-24(27)30)29(39)25(37)16-36/h2-6,9-10,13-14,22-25,27,36-37H,7-8,11,15-16H2,1H3,(H,33,38)/t22-,23+,24+,25-,27-/m0/s1. The van der Waals surface area contributed by atoms with E-state index in [2.05, 4.69) is 16.5 Å². The lowest BCUT2D eigenvalue weighted by atomic mass is 10.0. The average molecular weight is 548 g/mol. The molecule has 2 amide bonds. The minimum atomic E-state index is -1.58. The number of anilines is 1. The van der Waals surface area contributed by atoms with Crippen LogP contribution in [0.15, 0.2) is 54.9 Å². The fourth-order valence-corrected chi connectivity index (χ4v) is 5.06. The van der Waals surface area contributed by atoms with Gasteiger partial charge in [-0.15, -0.1) is 0 Å². The third kappa shape index (κ3) is 5.83. The number of nitrogens with one attached hydrogen (secondary N) is 1. The molecule has 10 nitrogen and oxygen atoms in total. The summed E-state index contributed by atoms with van der Waals surface area (Å²) < 4.78 is 22.4. The molecule has 3 aromatic rings. The summed E-state index contributed by atoms with van der Waals surface area (Å²) in [4.78, 5) is 26.0. The Balaban J connectivity index is 1.23. The van der Waals surface area contributed by atoms with Gasteiger partial charge in [0.15, 0.2) is 12.3 Å². The number of aliphatic hydroxyl groups is 2. The summed E-state index contributed by atoms with van der Waals surface area (Å²) in [5.41, 5.74) is 3.45. The van der Waals surface area contributed by atoms with E-state index in [1.807, 2.05) is 37.5 Å². The molecule has 2 heterocycles. The summed E-state index contributed by atoms with van der Waals surface area (Å²) >= 11 is 0. The van der Waals surface area contributed by atoms with Crippen LogP contribution in [0.3, 0.4) is 0 Å². The zero-order valence-electron chi connectivity index (χ0n) is 21.9. The maximum Gasteiger partial charge on any atom is 0.253 e. The maximum absolute atomic E-state index is 14.8. The number of ether oxygens (including phenoxy) is 1. The van der Waals surface area contributed by atoms with Gasteiger partial charge in [0, 0.05) is 37.8 Å². The molecule has 1 aromatic heterocycles. The number of carbonyl (C=O) groups is 2. The Morgan fingerprint density at radius 3 is 2.77 bits per heavy atom. The number of nitrogens with zero attached hydrogens (tertiary/aromatic N) is 4. The van der Waals surface area contributed by atoms with Crippen molar-refractivity contribution in [1.82, 2.24) is 14.7 Å². The lowest BCUT2D eigenvalue weighted by Crippen LogP contribution is -2.52. The predicted molar refractivity (Wildman–Crippen MR) is 143 cm³/mol. The average Bonchev–Trinajstić information content (AvgIpc) is 3.66. The van der Waals surface area contributed by atoms with Gasteiger partial charge in [0.1, 0.15) is 17.9 Å². The van der Waals surface area contributed by atoms with E-state index in [0.29, 0.717) is 5.69 Å². The fourth-order valence-electron chi connectivity index (χ4n) is 5.06. The molecule has 1 aliphatic heterocycles. The number of benzene rings is 2. The van der Waals surface area contributed by atoms with E-state index in [0.717, 1.165) is 28.0 Å². The molecule has 2 aromatic carbocycles. The van der Waals surface area contributed by atoms with Crippen LogP contribution >= 0.6 is 0 Å². The Bertz CT molecular complexity index is 1450. The number of likely N-dealkylation sites (tertiary alicyclic amines) is 1. The Kier molecular flexibility index (Phi) is 7.82. The normalized spacial score (nSPS) is 22.7. The monoisotopic (exact) mass is 547 g/mol. The van der Waals surface area contributed by atoms with Crippen LogP contribution in [0.4, 0.5) is 10.1 Å².